The number of likely N-dealkylation sites (tertiary alicyclic amines) is 1. The highest BCUT2D eigenvalue weighted by atomic mass is 16.1. The quantitative estimate of drug-likeness (QED) is 0.680. The number of carbonyl (C=O) groups excluding carboxylic acids is 1. The van der Waals surface area contributed by atoms with Crippen molar-refractivity contribution < 1.29 is 4.79 Å². The van der Waals surface area contributed by atoms with Gasteiger partial charge in [-0.3, -0.25) is 4.79 Å². The molecule has 3 nitrogen and oxygen atoms in total. The second kappa shape index (κ2) is 10.9. The zero-order valence-electron chi connectivity index (χ0n) is 16.3. The Kier molecular flexibility index (Phi) is 7.91. The highest BCUT2D eigenvalue weighted by molar-refractivity contribution is 5.76. The van der Waals surface area contributed by atoms with Gasteiger partial charge in [0.15, 0.2) is 0 Å². The van der Waals surface area contributed by atoms with Crippen LogP contribution in [0.4, 0.5) is 0 Å². The molecule has 1 N–H and O–H groups in total. The van der Waals surface area contributed by atoms with Crippen molar-refractivity contribution in [2.24, 2.45) is 5.92 Å². The first kappa shape index (κ1) is 19.6. The Balaban J connectivity index is 1.24. The van der Waals surface area contributed by atoms with Crippen molar-refractivity contribution in [3.63, 3.8) is 0 Å². The summed E-state index contributed by atoms with van der Waals surface area (Å²) in [5.74, 6) is 0.977. The molecule has 1 aliphatic heterocycles. The molecule has 0 bridgehead atoms. The molecule has 3 rings (SSSR count). The number of piperidine rings is 1. The van der Waals surface area contributed by atoms with Gasteiger partial charge in [0.1, 0.15) is 0 Å². The molecule has 2 aromatic rings. The number of hydrogen-bond donors (Lipinski definition) is 1. The number of amides is 1. The van der Waals surface area contributed by atoms with Crippen molar-refractivity contribution in [1.29, 1.82) is 0 Å². The van der Waals surface area contributed by atoms with Gasteiger partial charge in [-0.2, -0.15) is 0 Å². The van der Waals surface area contributed by atoms with Crippen LogP contribution in [0.15, 0.2) is 60.7 Å². The molecule has 0 atom stereocenters. The molecule has 0 saturated carbocycles. The fourth-order valence-electron chi connectivity index (χ4n) is 3.87. The molecule has 1 amide bonds. The molecule has 1 fully saturated rings. The Morgan fingerprint density at radius 3 is 2.22 bits per heavy atom. The molecule has 0 unspecified atom stereocenters. The van der Waals surface area contributed by atoms with Crippen molar-refractivity contribution in [3.8, 4) is 0 Å². The summed E-state index contributed by atoms with van der Waals surface area (Å²) in [5, 5.41) is 3.07. The van der Waals surface area contributed by atoms with Gasteiger partial charge < -0.3 is 10.2 Å². The first-order valence-corrected chi connectivity index (χ1v) is 10.4. The number of rotatable bonds is 9. The van der Waals surface area contributed by atoms with E-state index in [-0.39, 0.29) is 5.91 Å². The van der Waals surface area contributed by atoms with E-state index in [4.69, 9.17) is 0 Å². The molecule has 1 saturated heterocycles. The van der Waals surface area contributed by atoms with Gasteiger partial charge in [0.25, 0.3) is 0 Å². The van der Waals surface area contributed by atoms with Crippen LogP contribution in [-0.2, 0) is 17.6 Å². The molecule has 0 radical (unpaired) electrons. The fraction of sp³-hybridized carbons (Fsp3) is 0.458. The summed E-state index contributed by atoms with van der Waals surface area (Å²) in [6, 6.07) is 21.3. The standard InChI is InChI=1S/C24H32N2O/c27-24(25-16-7-12-21-8-3-1-4-9-21)15-19-26-17-13-23(14-18-26)20-22-10-5-2-6-11-22/h1-6,8-11,23H,7,12-20H2,(H,25,27). The molecule has 144 valence electrons. The second-order valence-corrected chi connectivity index (χ2v) is 7.66. The van der Waals surface area contributed by atoms with Gasteiger partial charge in [-0.15, -0.1) is 0 Å². The van der Waals surface area contributed by atoms with Gasteiger partial charge in [0.05, 0.1) is 0 Å². The number of nitrogens with zero attached hydrogens (tertiary/aromatic N) is 1. The topological polar surface area (TPSA) is 32.3 Å². The molecule has 2 aromatic carbocycles. The molecule has 3 heteroatoms. The largest absolute Gasteiger partial charge is 0.356 e. The molecule has 1 heterocycles. The van der Waals surface area contributed by atoms with E-state index in [1.807, 2.05) is 6.07 Å². The Morgan fingerprint density at radius 2 is 1.56 bits per heavy atom. The summed E-state index contributed by atoms with van der Waals surface area (Å²) in [6.07, 6.45) is 6.32. The van der Waals surface area contributed by atoms with Crippen LogP contribution >= 0.6 is 0 Å². The highest BCUT2D eigenvalue weighted by Gasteiger charge is 2.19. The first-order chi connectivity index (χ1) is 13.3. The molecule has 0 aromatic heterocycles. The van der Waals surface area contributed by atoms with E-state index in [2.05, 4.69) is 64.8 Å². The van der Waals surface area contributed by atoms with E-state index in [1.54, 1.807) is 0 Å². The van der Waals surface area contributed by atoms with Gasteiger partial charge in [-0.1, -0.05) is 60.7 Å². The van der Waals surface area contributed by atoms with Crippen LogP contribution in [0.3, 0.4) is 0 Å². The maximum atomic E-state index is 12.1. The Morgan fingerprint density at radius 1 is 0.926 bits per heavy atom. The van der Waals surface area contributed by atoms with Gasteiger partial charge in [0, 0.05) is 19.5 Å². The number of hydrogen-bond acceptors (Lipinski definition) is 2. The van der Waals surface area contributed by atoms with Crippen molar-refractivity contribution in [3.05, 3.63) is 71.8 Å². The lowest BCUT2D eigenvalue weighted by molar-refractivity contribution is -0.121. The molecule has 1 aliphatic rings. The summed E-state index contributed by atoms with van der Waals surface area (Å²) >= 11 is 0. The molecule has 0 aliphatic carbocycles. The maximum absolute atomic E-state index is 12.1. The van der Waals surface area contributed by atoms with Crippen LogP contribution in [0.1, 0.15) is 36.8 Å². The van der Waals surface area contributed by atoms with Crippen molar-refractivity contribution in [1.82, 2.24) is 10.2 Å². The second-order valence-electron chi connectivity index (χ2n) is 7.66. The van der Waals surface area contributed by atoms with Gasteiger partial charge in [0.2, 0.25) is 5.91 Å². The molecular formula is C24H32N2O. The van der Waals surface area contributed by atoms with Crippen molar-refractivity contribution in [2.45, 2.75) is 38.5 Å². The third-order valence-corrected chi connectivity index (χ3v) is 5.54. The lowest BCUT2D eigenvalue weighted by Crippen LogP contribution is -2.37. The predicted molar refractivity (Wildman–Crippen MR) is 112 cm³/mol. The van der Waals surface area contributed by atoms with Crippen LogP contribution in [0.25, 0.3) is 0 Å². The van der Waals surface area contributed by atoms with Crippen LogP contribution < -0.4 is 5.32 Å². The highest BCUT2D eigenvalue weighted by Crippen LogP contribution is 2.21. The minimum atomic E-state index is 0.189. The zero-order chi connectivity index (χ0) is 18.7. The SMILES string of the molecule is O=C(CCN1CCC(Cc2ccccc2)CC1)NCCCc1ccccc1. The van der Waals surface area contributed by atoms with E-state index < -0.39 is 0 Å². The monoisotopic (exact) mass is 364 g/mol. The predicted octanol–water partition coefficient (Wildman–Crippen LogP) is 4.08. The summed E-state index contributed by atoms with van der Waals surface area (Å²) in [7, 11) is 0. The Bertz CT molecular complexity index is 663. The average Bonchev–Trinajstić information content (AvgIpc) is 2.72. The fourth-order valence-corrected chi connectivity index (χ4v) is 3.87. The van der Waals surface area contributed by atoms with Crippen LogP contribution in [0.5, 0.6) is 0 Å². The first-order valence-electron chi connectivity index (χ1n) is 10.4. The van der Waals surface area contributed by atoms with Gasteiger partial charge in [-0.05, 0) is 62.2 Å². The van der Waals surface area contributed by atoms with E-state index in [0.29, 0.717) is 6.42 Å². The van der Waals surface area contributed by atoms with E-state index in [1.165, 1.54) is 30.4 Å². The lowest BCUT2D eigenvalue weighted by atomic mass is 9.90. The van der Waals surface area contributed by atoms with Gasteiger partial charge in [-0.25, -0.2) is 0 Å². The van der Waals surface area contributed by atoms with Crippen LogP contribution in [-0.4, -0.2) is 37.0 Å². The minimum Gasteiger partial charge on any atom is -0.356 e. The third-order valence-electron chi connectivity index (χ3n) is 5.54. The number of aryl methyl sites for hydroxylation is 1. The number of nitrogens with one attached hydrogen (secondary N) is 1. The van der Waals surface area contributed by atoms with Crippen molar-refractivity contribution in [2.75, 3.05) is 26.2 Å². The van der Waals surface area contributed by atoms with Crippen molar-refractivity contribution >= 4 is 5.91 Å². The average molecular weight is 365 g/mol. The lowest BCUT2D eigenvalue weighted by Gasteiger charge is -2.31. The smallest absolute Gasteiger partial charge is 0.221 e. The van der Waals surface area contributed by atoms with E-state index in [9.17, 15) is 4.79 Å². The summed E-state index contributed by atoms with van der Waals surface area (Å²) < 4.78 is 0. The maximum Gasteiger partial charge on any atom is 0.221 e. The summed E-state index contributed by atoms with van der Waals surface area (Å²) in [4.78, 5) is 14.5. The number of benzene rings is 2. The number of carbonyl (C=O) groups is 1. The molecule has 0 spiro atoms. The minimum absolute atomic E-state index is 0.189. The van der Waals surface area contributed by atoms with Crippen LogP contribution in [0, 0.1) is 5.92 Å². The van der Waals surface area contributed by atoms with E-state index in [0.717, 1.165) is 44.9 Å². The Labute approximate surface area is 163 Å². The third kappa shape index (κ3) is 7.18. The summed E-state index contributed by atoms with van der Waals surface area (Å²) in [6.45, 7) is 3.91. The normalized spacial score (nSPS) is 15.6. The summed E-state index contributed by atoms with van der Waals surface area (Å²) in [5.41, 5.74) is 2.79. The Hall–Kier alpha value is -2.13. The van der Waals surface area contributed by atoms with Gasteiger partial charge >= 0.3 is 0 Å². The zero-order valence-corrected chi connectivity index (χ0v) is 16.3. The molecule has 27 heavy (non-hydrogen) atoms. The van der Waals surface area contributed by atoms with E-state index >= 15 is 0 Å². The molecular weight excluding hydrogens is 332 g/mol. The van der Waals surface area contributed by atoms with Crippen LogP contribution in [0.2, 0.25) is 0 Å².